The second kappa shape index (κ2) is 8.58. The average molecular weight is 318 g/mol. The number of piperidine rings is 1. The van der Waals surface area contributed by atoms with E-state index in [4.69, 9.17) is 9.47 Å². The van der Waals surface area contributed by atoms with Crippen LogP contribution in [0.25, 0.3) is 6.08 Å². The van der Waals surface area contributed by atoms with Crippen molar-refractivity contribution in [2.75, 3.05) is 33.9 Å². The molecule has 1 fully saturated rings. The number of hydrogen-bond acceptors (Lipinski definition) is 4. The molecular formula is C18H26N2O3. The Kier molecular flexibility index (Phi) is 6.47. The van der Waals surface area contributed by atoms with E-state index in [1.54, 1.807) is 7.11 Å². The van der Waals surface area contributed by atoms with Crippen molar-refractivity contribution in [1.29, 1.82) is 0 Å². The lowest BCUT2D eigenvalue weighted by Crippen LogP contribution is -2.45. The number of amides is 1. The summed E-state index contributed by atoms with van der Waals surface area (Å²) in [6.07, 6.45) is 5.93. The Labute approximate surface area is 138 Å². The first-order valence-corrected chi connectivity index (χ1v) is 8.05. The van der Waals surface area contributed by atoms with E-state index >= 15 is 0 Å². The maximum absolute atomic E-state index is 12.3. The van der Waals surface area contributed by atoms with E-state index in [0.29, 0.717) is 17.5 Å². The number of allylic oxidation sites excluding steroid dienone is 1. The molecule has 0 unspecified atom stereocenters. The lowest BCUT2D eigenvalue weighted by atomic mass is 10.1. The van der Waals surface area contributed by atoms with Crippen LogP contribution in [0.3, 0.4) is 0 Å². The SMILES string of the molecule is C/C=C/c1ccc(OCC(=O)N(C)C2CCNCC2)c(OC)c1. The number of hydrogen-bond donors (Lipinski definition) is 1. The molecule has 0 aromatic heterocycles. The molecule has 1 aromatic rings. The molecule has 5 nitrogen and oxygen atoms in total. The number of rotatable bonds is 6. The van der Waals surface area contributed by atoms with Gasteiger partial charge in [0.2, 0.25) is 0 Å². The van der Waals surface area contributed by atoms with Crippen LogP contribution in [0, 0.1) is 0 Å². The van der Waals surface area contributed by atoms with E-state index < -0.39 is 0 Å². The van der Waals surface area contributed by atoms with Crippen molar-refractivity contribution >= 4 is 12.0 Å². The molecule has 1 heterocycles. The fourth-order valence-electron chi connectivity index (χ4n) is 2.74. The van der Waals surface area contributed by atoms with Gasteiger partial charge in [0, 0.05) is 13.1 Å². The predicted octanol–water partition coefficient (Wildman–Crippen LogP) is 2.32. The van der Waals surface area contributed by atoms with Crippen molar-refractivity contribution in [3.05, 3.63) is 29.8 Å². The average Bonchev–Trinajstić information content (AvgIpc) is 2.60. The van der Waals surface area contributed by atoms with E-state index in [1.165, 1.54) is 0 Å². The molecule has 0 atom stereocenters. The van der Waals surface area contributed by atoms with Gasteiger partial charge in [-0.15, -0.1) is 0 Å². The molecule has 2 rings (SSSR count). The molecule has 1 amide bonds. The summed E-state index contributed by atoms with van der Waals surface area (Å²) in [4.78, 5) is 14.1. The molecule has 126 valence electrons. The molecule has 0 aliphatic carbocycles. The number of ether oxygens (including phenoxy) is 2. The first kappa shape index (κ1) is 17.3. The van der Waals surface area contributed by atoms with E-state index in [0.717, 1.165) is 31.5 Å². The van der Waals surface area contributed by atoms with Crippen molar-refractivity contribution in [3.63, 3.8) is 0 Å². The zero-order valence-corrected chi connectivity index (χ0v) is 14.2. The zero-order chi connectivity index (χ0) is 16.7. The van der Waals surface area contributed by atoms with Gasteiger partial charge >= 0.3 is 0 Å². The van der Waals surface area contributed by atoms with Crippen LogP contribution in [0.1, 0.15) is 25.3 Å². The third-order valence-corrected chi connectivity index (χ3v) is 4.15. The van der Waals surface area contributed by atoms with Crippen molar-refractivity contribution in [2.24, 2.45) is 0 Å². The van der Waals surface area contributed by atoms with Gasteiger partial charge in [-0.3, -0.25) is 4.79 Å². The molecule has 5 heteroatoms. The molecule has 1 N–H and O–H groups in total. The van der Waals surface area contributed by atoms with Gasteiger partial charge < -0.3 is 19.7 Å². The summed E-state index contributed by atoms with van der Waals surface area (Å²) in [5.41, 5.74) is 1.04. The summed E-state index contributed by atoms with van der Waals surface area (Å²) in [7, 11) is 3.46. The highest BCUT2D eigenvalue weighted by molar-refractivity contribution is 5.78. The molecule has 1 aromatic carbocycles. The third kappa shape index (κ3) is 4.73. The minimum Gasteiger partial charge on any atom is -0.493 e. The molecule has 1 saturated heterocycles. The minimum absolute atomic E-state index is 0.00326. The van der Waals surface area contributed by atoms with E-state index in [2.05, 4.69) is 5.32 Å². The fourth-order valence-corrected chi connectivity index (χ4v) is 2.74. The van der Waals surface area contributed by atoms with Crippen molar-refractivity contribution in [2.45, 2.75) is 25.8 Å². The second-order valence-electron chi connectivity index (χ2n) is 5.68. The second-order valence-corrected chi connectivity index (χ2v) is 5.68. The summed E-state index contributed by atoms with van der Waals surface area (Å²) in [5.74, 6) is 1.22. The van der Waals surface area contributed by atoms with Crippen LogP contribution in [0.2, 0.25) is 0 Å². The molecule has 1 aliphatic rings. The number of likely N-dealkylation sites (N-methyl/N-ethyl adjacent to an activating group) is 1. The van der Waals surface area contributed by atoms with Gasteiger partial charge in [0.05, 0.1) is 7.11 Å². The summed E-state index contributed by atoms with van der Waals surface area (Å²) in [6.45, 7) is 3.92. The van der Waals surface area contributed by atoms with Gasteiger partial charge in [-0.2, -0.15) is 0 Å². The Morgan fingerprint density at radius 2 is 2.09 bits per heavy atom. The van der Waals surface area contributed by atoms with Crippen LogP contribution in [-0.4, -0.2) is 50.7 Å². The maximum Gasteiger partial charge on any atom is 0.260 e. The van der Waals surface area contributed by atoms with E-state index in [-0.39, 0.29) is 12.5 Å². The number of carbonyl (C=O) groups excluding carboxylic acids is 1. The van der Waals surface area contributed by atoms with E-state index in [1.807, 2.05) is 49.2 Å². The lowest BCUT2D eigenvalue weighted by Gasteiger charge is -2.31. The van der Waals surface area contributed by atoms with Crippen LogP contribution in [-0.2, 0) is 4.79 Å². The number of nitrogens with zero attached hydrogens (tertiary/aromatic N) is 1. The molecule has 0 spiro atoms. The summed E-state index contributed by atoms with van der Waals surface area (Å²) in [6, 6.07) is 5.98. The summed E-state index contributed by atoms with van der Waals surface area (Å²) >= 11 is 0. The van der Waals surface area contributed by atoms with E-state index in [9.17, 15) is 4.79 Å². The van der Waals surface area contributed by atoms with Gasteiger partial charge in [0.25, 0.3) is 5.91 Å². The highest BCUT2D eigenvalue weighted by Crippen LogP contribution is 2.28. The van der Waals surface area contributed by atoms with Crippen LogP contribution in [0.15, 0.2) is 24.3 Å². The monoisotopic (exact) mass is 318 g/mol. The van der Waals surface area contributed by atoms with Crippen molar-refractivity contribution in [3.8, 4) is 11.5 Å². The normalized spacial score (nSPS) is 15.6. The minimum atomic E-state index is -0.00326. The Bertz CT molecular complexity index is 551. The Balaban J connectivity index is 1.95. The predicted molar refractivity (Wildman–Crippen MR) is 91.9 cm³/mol. The van der Waals surface area contributed by atoms with Gasteiger partial charge in [-0.05, 0) is 50.6 Å². The number of carbonyl (C=O) groups is 1. The number of benzene rings is 1. The largest absolute Gasteiger partial charge is 0.493 e. The molecule has 0 radical (unpaired) electrons. The van der Waals surface area contributed by atoms with Crippen LogP contribution in [0.4, 0.5) is 0 Å². The van der Waals surface area contributed by atoms with Crippen LogP contribution in [0.5, 0.6) is 11.5 Å². The highest BCUT2D eigenvalue weighted by atomic mass is 16.5. The maximum atomic E-state index is 12.3. The first-order chi connectivity index (χ1) is 11.2. The summed E-state index contributed by atoms with van der Waals surface area (Å²) < 4.78 is 11.0. The van der Waals surface area contributed by atoms with Gasteiger partial charge in [-0.1, -0.05) is 18.2 Å². The molecule has 23 heavy (non-hydrogen) atoms. The van der Waals surface area contributed by atoms with Gasteiger partial charge in [0.15, 0.2) is 18.1 Å². The van der Waals surface area contributed by atoms with Crippen molar-refractivity contribution < 1.29 is 14.3 Å². The topological polar surface area (TPSA) is 50.8 Å². The number of methoxy groups -OCH3 is 1. The van der Waals surface area contributed by atoms with Gasteiger partial charge in [0.1, 0.15) is 0 Å². The smallest absolute Gasteiger partial charge is 0.260 e. The van der Waals surface area contributed by atoms with Crippen molar-refractivity contribution in [1.82, 2.24) is 10.2 Å². The number of nitrogens with one attached hydrogen (secondary N) is 1. The van der Waals surface area contributed by atoms with Gasteiger partial charge in [-0.25, -0.2) is 0 Å². The summed E-state index contributed by atoms with van der Waals surface area (Å²) in [5, 5.41) is 3.31. The quantitative estimate of drug-likeness (QED) is 0.874. The Hall–Kier alpha value is -2.01. The highest BCUT2D eigenvalue weighted by Gasteiger charge is 2.22. The molecule has 0 bridgehead atoms. The standard InChI is InChI=1S/C18H26N2O3/c1-4-5-14-6-7-16(17(12-14)22-3)23-13-18(21)20(2)15-8-10-19-11-9-15/h4-7,12,15,19H,8-11,13H2,1-3H3/b5-4+. The van der Waals surface area contributed by atoms with Crippen LogP contribution >= 0.6 is 0 Å². The molecule has 0 saturated carbocycles. The molecule has 1 aliphatic heterocycles. The third-order valence-electron chi connectivity index (χ3n) is 4.15. The first-order valence-electron chi connectivity index (χ1n) is 8.05. The molecular weight excluding hydrogens is 292 g/mol. The fraction of sp³-hybridized carbons (Fsp3) is 0.500. The van der Waals surface area contributed by atoms with Crippen LogP contribution < -0.4 is 14.8 Å². The Morgan fingerprint density at radius 1 is 1.35 bits per heavy atom. The Morgan fingerprint density at radius 3 is 2.74 bits per heavy atom. The zero-order valence-electron chi connectivity index (χ0n) is 14.2. The lowest BCUT2D eigenvalue weighted by molar-refractivity contribution is -0.134.